The Morgan fingerprint density at radius 3 is 2.46 bits per heavy atom. The summed E-state index contributed by atoms with van der Waals surface area (Å²) in [5.74, 6) is -0.452. The van der Waals surface area contributed by atoms with E-state index in [4.69, 9.17) is 11.6 Å². The van der Waals surface area contributed by atoms with E-state index in [1.807, 2.05) is 24.3 Å². The van der Waals surface area contributed by atoms with Gasteiger partial charge in [-0.25, -0.2) is 0 Å². The molecular formula is C19H17ClN4O2. The van der Waals surface area contributed by atoms with Crippen molar-refractivity contribution < 1.29 is 9.59 Å². The first-order valence-corrected chi connectivity index (χ1v) is 8.34. The summed E-state index contributed by atoms with van der Waals surface area (Å²) < 4.78 is 1.66. The summed E-state index contributed by atoms with van der Waals surface area (Å²) in [5.41, 5.74) is 2.49. The van der Waals surface area contributed by atoms with Gasteiger partial charge >= 0.3 is 0 Å². The molecule has 1 heterocycles. The third-order valence-corrected chi connectivity index (χ3v) is 4.19. The number of anilines is 1. The maximum absolute atomic E-state index is 12.4. The lowest BCUT2D eigenvalue weighted by molar-refractivity contribution is 0.0962. The fraction of sp³-hybridized carbons (Fsp3) is 0.105. The van der Waals surface area contributed by atoms with Crippen LogP contribution in [0.25, 0.3) is 0 Å². The number of benzene rings is 2. The summed E-state index contributed by atoms with van der Waals surface area (Å²) in [4.78, 5) is 23.9. The Morgan fingerprint density at radius 1 is 1.04 bits per heavy atom. The first-order valence-electron chi connectivity index (χ1n) is 7.96. The van der Waals surface area contributed by atoms with Crippen molar-refractivity contribution in [1.29, 1.82) is 0 Å². The first kappa shape index (κ1) is 17.7. The van der Waals surface area contributed by atoms with Gasteiger partial charge in [-0.3, -0.25) is 14.3 Å². The molecule has 132 valence electrons. The molecule has 2 aromatic carbocycles. The van der Waals surface area contributed by atoms with Gasteiger partial charge in [-0.05, 0) is 35.9 Å². The van der Waals surface area contributed by atoms with Crippen LogP contribution in [0.3, 0.4) is 0 Å². The average Bonchev–Trinajstić information content (AvgIpc) is 3.12. The lowest BCUT2D eigenvalue weighted by atomic mass is 10.2. The Kier molecular flexibility index (Phi) is 5.34. The molecule has 0 fully saturated rings. The predicted octanol–water partition coefficient (Wildman–Crippen LogP) is 3.20. The molecule has 0 saturated heterocycles. The van der Waals surface area contributed by atoms with E-state index in [2.05, 4.69) is 15.7 Å². The summed E-state index contributed by atoms with van der Waals surface area (Å²) in [6.45, 7) is 0.480. The van der Waals surface area contributed by atoms with Crippen molar-refractivity contribution >= 4 is 29.1 Å². The number of halogens is 1. The number of rotatable bonds is 5. The quantitative estimate of drug-likeness (QED) is 0.726. The van der Waals surface area contributed by atoms with Crippen molar-refractivity contribution in [3.05, 3.63) is 82.6 Å². The second-order valence-corrected chi connectivity index (χ2v) is 6.04. The predicted molar refractivity (Wildman–Crippen MR) is 101 cm³/mol. The van der Waals surface area contributed by atoms with E-state index in [0.717, 1.165) is 5.56 Å². The van der Waals surface area contributed by atoms with Crippen LogP contribution in [0.5, 0.6) is 0 Å². The fourth-order valence-electron chi connectivity index (χ4n) is 2.42. The normalized spacial score (nSPS) is 10.4. The average molecular weight is 369 g/mol. The second-order valence-electron chi connectivity index (χ2n) is 5.63. The number of carbonyl (C=O) groups excluding carboxylic acids is 2. The molecule has 1 aromatic heterocycles. The molecule has 0 aliphatic heterocycles. The van der Waals surface area contributed by atoms with E-state index in [0.29, 0.717) is 28.4 Å². The van der Waals surface area contributed by atoms with Gasteiger partial charge in [0.15, 0.2) is 0 Å². The molecule has 0 radical (unpaired) electrons. The standard InChI is InChI=1S/C19H17ClN4O2/c1-21-18(25)13-6-8-16(9-7-13)23-19(26)15-10-22-24(12-15)11-14-4-2-3-5-17(14)20/h2-10,12H,11H2,1H3,(H,21,25)(H,23,26). The van der Waals surface area contributed by atoms with Gasteiger partial charge in [0.05, 0.1) is 18.3 Å². The van der Waals surface area contributed by atoms with Gasteiger partial charge in [-0.15, -0.1) is 0 Å². The van der Waals surface area contributed by atoms with Crippen LogP contribution in [-0.2, 0) is 6.54 Å². The van der Waals surface area contributed by atoms with Gasteiger partial charge in [-0.2, -0.15) is 5.10 Å². The molecule has 2 amide bonds. The first-order chi connectivity index (χ1) is 12.6. The van der Waals surface area contributed by atoms with Crippen LogP contribution < -0.4 is 10.6 Å². The summed E-state index contributed by atoms with van der Waals surface area (Å²) in [5, 5.41) is 10.2. The zero-order valence-corrected chi connectivity index (χ0v) is 14.8. The molecular weight excluding hydrogens is 352 g/mol. The summed E-state index contributed by atoms with van der Waals surface area (Å²) in [6, 6.07) is 14.1. The molecule has 0 atom stereocenters. The molecule has 0 aliphatic rings. The highest BCUT2D eigenvalue weighted by molar-refractivity contribution is 6.31. The van der Waals surface area contributed by atoms with Gasteiger partial charge in [-0.1, -0.05) is 29.8 Å². The van der Waals surface area contributed by atoms with Crippen LogP contribution in [0, 0.1) is 0 Å². The van der Waals surface area contributed by atoms with E-state index in [9.17, 15) is 9.59 Å². The number of hydrogen-bond donors (Lipinski definition) is 2. The summed E-state index contributed by atoms with van der Waals surface area (Å²) in [6.07, 6.45) is 3.17. The number of nitrogens with zero attached hydrogens (tertiary/aromatic N) is 2. The number of amides is 2. The van der Waals surface area contributed by atoms with E-state index in [-0.39, 0.29) is 11.8 Å². The maximum Gasteiger partial charge on any atom is 0.258 e. The molecule has 26 heavy (non-hydrogen) atoms. The van der Waals surface area contributed by atoms with Gasteiger partial charge in [0.25, 0.3) is 11.8 Å². The van der Waals surface area contributed by atoms with E-state index < -0.39 is 0 Å². The molecule has 0 bridgehead atoms. The second kappa shape index (κ2) is 7.84. The topological polar surface area (TPSA) is 76.0 Å². The van der Waals surface area contributed by atoms with Crippen molar-refractivity contribution in [2.24, 2.45) is 0 Å². The number of carbonyl (C=O) groups is 2. The summed E-state index contributed by atoms with van der Waals surface area (Å²) in [7, 11) is 1.57. The highest BCUT2D eigenvalue weighted by Crippen LogP contribution is 2.16. The molecule has 2 N–H and O–H groups in total. The van der Waals surface area contributed by atoms with Crippen LogP contribution in [0.2, 0.25) is 5.02 Å². The molecule has 7 heteroatoms. The van der Waals surface area contributed by atoms with Crippen LogP contribution in [0.1, 0.15) is 26.3 Å². The van der Waals surface area contributed by atoms with Crippen LogP contribution >= 0.6 is 11.6 Å². The SMILES string of the molecule is CNC(=O)c1ccc(NC(=O)c2cnn(Cc3ccccc3Cl)c2)cc1. The van der Waals surface area contributed by atoms with Gasteiger partial charge in [0, 0.05) is 29.5 Å². The smallest absolute Gasteiger partial charge is 0.258 e. The van der Waals surface area contributed by atoms with Gasteiger partial charge in [0.1, 0.15) is 0 Å². The lowest BCUT2D eigenvalue weighted by Crippen LogP contribution is -2.17. The monoisotopic (exact) mass is 368 g/mol. The third kappa shape index (κ3) is 4.10. The highest BCUT2D eigenvalue weighted by atomic mass is 35.5. The number of hydrogen-bond acceptors (Lipinski definition) is 3. The molecule has 3 rings (SSSR count). The lowest BCUT2D eigenvalue weighted by Gasteiger charge is -2.05. The zero-order chi connectivity index (χ0) is 18.5. The Balaban J connectivity index is 1.66. The summed E-state index contributed by atoms with van der Waals surface area (Å²) >= 11 is 6.15. The van der Waals surface area contributed by atoms with Crippen molar-refractivity contribution in [2.75, 3.05) is 12.4 Å². The highest BCUT2D eigenvalue weighted by Gasteiger charge is 2.11. The van der Waals surface area contributed by atoms with Crippen molar-refractivity contribution in [2.45, 2.75) is 6.54 Å². The van der Waals surface area contributed by atoms with Crippen LogP contribution in [0.15, 0.2) is 60.9 Å². The van der Waals surface area contributed by atoms with Crippen molar-refractivity contribution in [3.8, 4) is 0 Å². The van der Waals surface area contributed by atoms with E-state index >= 15 is 0 Å². The largest absolute Gasteiger partial charge is 0.355 e. The van der Waals surface area contributed by atoms with Crippen molar-refractivity contribution in [1.82, 2.24) is 15.1 Å². The molecule has 0 aliphatic carbocycles. The molecule has 6 nitrogen and oxygen atoms in total. The number of nitrogens with one attached hydrogen (secondary N) is 2. The molecule has 0 unspecified atom stereocenters. The number of aromatic nitrogens is 2. The van der Waals surface area contributed by atoms with Crippen molar-refractivity contribution in [3.63, 3.8) is 0 Å². The Morgan fingerprint density at radius 2 is 1.77 bits per heavy atom. The third-order valence-electron chi connectivity index (χ3n) is 3.82. The Labute approximate surface area is 155 Å². The zero-order valence-electron chi connectivity index (χ0n) is 14.1. The molecule has 0 saturated carbocycles. The van der Waals surface area contributed by atoms with Crippen LogP contribution in [-0.4, -0.2) is 28.6 Å². The van der Waals surface area contributed by atoms with Crippen LogP contribution in [0.4, 0.5) is 5.69 Å². The fourth-order valence-corrected chi connectivity index (χ4v) is 2.62. The Bertz CT molecular complexity index is 935. The van der Waals surface area contributed by atoms with Gasteiger partial charge < -0.3 is 10.6 Å². The maximum atomic E-state index is 12.4. The van der Waals surface area contributed by atoms with E-state index in [1.165, 1.54) is 6.20 Å². The Hall–Kier alpha value is -3.12. The minimum atomic E-state index is -0.275. The molecule has 0 spiro atoms. The molecule has 3 aromatic rings. The van der Waals surface area contributed by atoms with E-state index in [1.54, 1.807) is 42.2 Å². The minimum Gasteiger partial charge on any atom is -0.355 e. The van der Waals surface area contributed by atoms with Gasteiger partial charge in [0.2, 0.25) is 0 Å². The minimum absolute atomic E-state index is 0.177.